The van der Waals surface area contributed by atoms with Gasteiger partial charge in [0.15, 0.2) is 0 Å². The summed E-state index contributed by atoms with van der Waals surface area (Å²) in [5.41, 5.74) is 0.951. The van der Waals surface area contributed by atoms with Crippen LogP contribution >= 0.6 is 0 Å². The molecule has 0 saturated heterocycles. The molecule has 0 aliphatic carbocycles. The molecule has 0 saturated carbocycles. The Morgan fingerprint density at radius 2 is 2.11 bits per heavy atom. The lowest BCUT2D eigenvalue weighted by Crippen LogP contribution is -2.25. The van der Waals surface area contributed by atoms with Crippen molar-refractivity contribution in [1.29, 1.82) is 0 Å². The van der Waals surface area contributed by atoms with Gasteiger partial charge in [-0.15, -0.1) is 0 Å². The Labute approximate surface area is 113 Å². The zero-order chi connectivity index (χ0) is 13.7. The molecule has 0 spiro atoms. The first kappa shape index (κ1) is 13.7. The van der Waals surface area contributed by atoms with Crippen LogP contribution in [0.2, 0.25) is 0 Å². The van der Waals surface area contributed by atoms with E-state index in [1.165, 1.54) is 6.33 Å². The summed E-state index contributed by atoms with van der Waals surface area (Å²) in [6.07, 6.45) is 2.64. The van der Waals surface area contributed by atoms with E-state index in [9.17, 15) is 0 Å². The quantitative estimate of drug-likeness (QED) is 0.768. The fourth-order valence-corrected chi connectivity index (χ4v) is 2.12. The van der Waals surface area contributed by atoms with Crippen LogP contribution in [-0.2, 0) is 0 Å². The van der Waals surface area contributed by atoms with E-state index in [1.807, 2.05) is 13.0 Å². The summed E-state index contributed by atoms with van der Waals surface area (Å²) in [5.74, 6) is 1.60. The number of fused-ring (bicyclic) bond motifs is 1. The highest BCUT2D eigenvalue weighted by Gasteiger charge is 2.05. The Morgan fingerprint density at radius 1 is 1.32 bits per heavy atom. The van der Waals surface area contributed by atoms with Crippen LogP contribution in [0.15, 0.2) is 12.4 Å². The van der Waals surface area contributed by atoms with Crippen molar-refractivity contribution in [3.05, 3.63) is 18.1 Å². The monoisotopic (exact) mass is 262 g/mol. The Kier molecular flexibility index (Phi) is 4.68. The predicted octanol–water partition coefficient (Wildman–Crippen LogP) is 1.58. The average Bonchev–Trinajstić information content (AvgIpc) is 2.86. The number of hydrogen-bond donors (Lipinski definition) is 1. The molecular formula is C13H22N6. The highest BCUT2D eigenvalue weighted by atomic mass is 15.3. The summed E-state index contributed by atoms with van der Waals surface area (Å²) in [6.45, 7) is 10.6. The number of rotatable bonds is 7. The molecule has 2 heterocycles. The van der Waals surface area contributed by atoms with Crippen LogP contribution < -0.4 is 5.32 Å². The van der Waals surface area contributed by atoms with Gasteiger partial charge >= 0.3 is 0 Å². The number of nitrogens with one attached hydrogen (secondary N) is 1. The van der Waals surface area contributed by atoms with Crippen molar-refractivity contribution < 1.29 is 0 Å². The van der Waals surface area contributed by atoms with E-state index in [0.29, 0.717) is 5.78 Å². The van der Waals surface area contributed by atoms with Gasteiger partial charge in [0, 0.05) is 18.3 Å². The van der Waals surface area contributed by atoms with Gasteiger partial charge in [-0.05, 0) is 33.0 Å². The summed E-state index contributed by atoms with van der Waals surface area (Å²) < 4.78 is 1.74. The van der Waals surface area contributed by atoms with Crippen molar-refractivity contribution >= 4 is 11.6 Å². The van der Waals surface area contributed by atoms with Crippen molar-refractivity contribution in [3.63, 3.8) is 0 Å². The lowest BCUT2D eigenvalue weighted by atomic mass is 10.3. The summed E-state index contributed by atoms with van der Waals surface area (Å²) in [4.78, 5) is 10.9. The summed E-state index contributed by atoms with van der Waals surface area (Å²) >= 11 is 0. The smallest absolute Gasteiger partial charge is 0.254 e. The first-order valence-corrected chi connectivity index (χ1v) is 6.88. The van der Waals surface area contributed by atoms with Gasteiger partial charge in [0.05, 0.1) is 0 Å². The molecule has 1 N–H and O–H groups in total. The molecule has 0 aliphatic rings. The van der Waals surface area contributed by atoms with Crippen LogP contribution in [0, 0.1) is 6.92 Å². The molecule has 2 rings (SSSR count). The second-order valence-corrected chi connectivity index (χ2v) is 4.56. The molecule has 0 fully saturated rings. The standard InChI is InChI=1S/C13H22N6/c1-4-18(5-2)8-6-7-14-12-9-11(3)17-13-15-10-16-19(12)13/h9-10,14H,4-8H2,1-3H3. The van der Waals surface area contributed by atoms with E-state index in [4.69, 9.17) is 0 Å². The Balaban J connectivity index is 1.92. The number of nitrogens with zero attached hydrogens (tertiary/aromatic N) is 5. The normalized spacial score (nSPS) is 11.4. The maximum absolute atomic E-state index is 4.32. The number of aromatic nitrogens is 4. The molecule has 0 amide bonds. The van der Waals surface area contributed by atoms with Gasteiger partial charge in [-0.25, -0.2) is 4.98 Å². The molecule has 0 atom stereocenters. The van der Waals surface area contributed by atoms with E-state index in [2.05, 4.69) is 39.1 Å². The zero-order valence-electron chi connectivity index (χ0n) is 11.9. The topological polar surface area (TPSA) is 58.3 Å². The van der Waals surface area contributed by atoms with E-state index in [-0.39, 0.29) is 0 Å². The molecule has 0 bridgehead atoms. The van der Waals surface area contributed by atoms with Crippen molar-refractivity contribution in [2.24, 2.45) is 0 Å². The van der Waals surface area contributed by atoms with Crippen molar-refractivity contribution in [2.45, 2.75) is 27.2 Å². The third-order valence-electron chi connectivity index (χ3n) is 3.23. The number of hydrogen-bond acceptors (Lipinski definition) is 5. The van der Waals surface area contributed by atoms with E-state index >= 15 is 0 Å². The highest BCUT2D eigenvalue weighted by Crippen LogP contribution is 2.09. The first-order valence-electron chi connectivity index (χ1n) is 6.88. The first-order chi connectivity index (χ1) is 9.24. The van der Waals surface area contributed by atoms with E-state index in [0.717, 1.165) is 44.1 Å². The maximum atomic E-state index is 4.32. The van der Waals surface area contributed by atoms with Crippen LogP contribution in [0.3, 0.4) is 0 Å². The van der Waals surface area contributed by atoms with Crippen LogP contribution in [0.4, 0.5) is 5.82 Å². The highest BCUT2D eigenvalue weighted by molar-refractivity contribution is 5.44. The largest absolute Gasteiger partial charge is 0.370 e. The molecule has 0 aliphatic heterocycles. The van der Waals surface area contributed by atoms with Gasteiger partial charge in [-0.2, -0.15) is 14.6 Å². The van der Waals surface area contributed by atoms with Gasteiger partial charge in [-0.3, -0.25) is 0 Å². The lowest BCUT2D eigenvalue weighted by molar-refractivity contribution is 0.303. The molecule has 0 unspecified atom stereocenters. The molecular weight excluding hydrogens is 240 g/mol. The Hall–Kier alpha value is -1.69. The maximum Gasteiger partial charge on any atom is 0.254 e. The Bertz CT molecular complexity index is 517. The van der Waals surface area contributed by atoms with Crippen molar-refractivity contribution in [1.82, 2.24) is 24.5 Å². The molecule has 19 heavy (non-hydrogen) atoms. The minimum atomic E-state index is 0.645. The van der Waals surface area contributed by atoms with Gasteiger partial charge in [0.25, 0.3) is 5.78 Å². The van der Waals surface area contributed by atoms with Crippen molar-refractivity contribution in [2.75, 3.05) is 31.5 Å². The zero-order valence-corrected chi connectivity index (χ0v) is 11.9. The summed E-state index contributed by atoms with van der Waals surface area (Å²) in [7, 11) is 0. The third-order valence-corrected chi connectivity index (χ3v) is 3.23. The molecule has 104 valence electrons. The Morgan fingerprint density at radius 3 is 2.84 bits per heavy atom. The van der Waals surface area contributed by atoms with Crippen molar-refractivity contribution in [3.8, 4) is 0 Å². The fourth-order valence-electron chi connectivity index (χ4n) is 2.12. The summed E-state index contributed by atoms with van der Waals surface area (Å²) in [6, 6.07) is 2.00. The number of aryl methyl sites for hydroxylation is 1. The average molecular weight is 262 g/mol. The van der Waals surface area contributed by atoms with Crippen LogP contribution in [-0.4, -0.2) is 50.7 Å². The third kappa shape index (κ3) is 3.41. The van der Waals surface area contributed by atoms with Crippen LogP contribution in [0.5, 0.6) is 0 Å². The SMILES string of the molecule is CCN(CC)CCCNc1cc(C)nc2ncnn12. The van der Waals surface area contributed by atoms with Gasteiger partial charge < -0.3 is 10.2 Å². The number of anilines is 1. The molecule has 2 aromatic rings. The van der Waals surface area contributed by atoms with Gasteiger partial charge in [0.1, 0.15) is 12.1 Å². The minimum absolute atomic E-state index is 0.645. The summed E-state index contributed by atoms with van der Waals surface area (Å²) in [5, 5.41) is 7.59. The molecule has 0 radical (unpaired) electrons. The molecule has 6 nitrogen and oxygen atoms in total. The van der Waals surface area contributed by atoms with Crippen LogP contribution in [0.1, 0.15) is 26.0 Å². The van der Waals surface area contributed by atoms with Crippen LogP contribution in [0.25, 0.3) is 5.78 Å². The predicted molar refractivity (Wildman–Crippen MR) is 76.4 cm³/mol. The van der Waals surface area contributed by atoms with E-state index in [1.54, 1.807) is 4.52 Å². The fraction of sp³-hybridized carbons (Fsp3) is 0.615. The molecule has 6 heteroatoms. The van der Waals surface area contributed by atoms with Gasteiger partial charge in [-0.1, -0.05) is 13.8 Å². The minimum Gasteiger partial charge on any atom is -0.370 e. The second-order valence-electron chi connectivity index (χ2n) is 4.56. The van der Waals surface area contributed by atoms with Gasteiger partial charge in [0.2, 0.25) is 0 Å². The second kappa shape index (κ2) is 6.47. The molecule has 2 aromatic heterocycles. The lowest BCUT2D eigenvalue weighted by Gasteiger charge is -2.18. The molecule has 0 aromatic carbocycles. The van der Waals surface area contributed by atoms with E-state index < -0.39 is 0 Å².